The summed E-state index contributed by atoms with van der Waals surface area (Å²) in [5.41, 5.74) is 1.26. The molecule has 0 spiro atoms. The Labute approximate surface area is 102 Å². The zero-order chi connectivity index (χ0) is 10.7. The van der Waals surface area contributed by atoms with Crippen LogP contribution < -0.4 is 4.74 Å². The highest BCUT2D eigenvalue weighted by Gasteiger charge is 2.14. The smallest absolute Gasteiger partial charge is 0.120 e. The van der Waals surface area contributed by atoms with Gasteiger partial charge < -0.3 is 4.74 Å². The van der Waals surface area contributed by atoms with Gasteiger partial charge in [-0.2, -0.15) is 0 Å². The van der Waals surface area contributed by atoms with Crippen LogP contribution in [0.5, 0.6) is 5.75 Å². The van der Waals surface area contributed by atoms with Gasteiger partial charge in [0.1, 0.15) is 5.75 Å². The average molecular weight is 322 g/mol. The minimum atomic E-state index is 0.378. The first kappa shape index (κ1) is 12.1. The molecular formula is C11H14Br2O. The second kappa shape index (κ2) is 5.17. The Morgan fingerprint density at radius 1 is 1.29 bits per heavy atom. The van der Waals surface area contributed by atoms with E-state index in [0.29, 0.717) is 10.7 Å². The van der Waals surface area contributed by atoms with Gasteiger partial charge in [0.2, 0.25) is 0 Å². The summed E-state index contributed by atoms with van der Waals surface area (Å²) in [7, 11) is 1.68. The summed E-state index contributed by atoms with van der Waals surface area (Å²) in [6.07, 6.45) is 0. The first-order valence-corrected chi connectivity index (χ1v) is 6.24. The third kappa shape index (κ3) is 2.74. The van der Waals surface area contributed by atoms with Crippen LogP contribution in [-0.2, 0) is 0 Å². The number of hydrogen-bond donors (Lipinski definition) is 0. The van der Waals surface area contributed by atoms with Crippen LogP contribution in [-0.4, -0.2) is 7.11 Å². The van der Waals surface area contributed by atoms with Crippen molar-refractivity contribution in [2.24, 2.45) is 5.92 Å². The van der Waals surface area contributed by atoms with Crippen molar-refractivity contribution in [3.63, 3.8) is 0 Å². The van der Waals surface area contributed by atoms with Gasteiger partial charge in [-0.25, -0.2) is 0 Å². The van der Waals surface area contributed by atoms with Crippen LogP contribution in [0.15, 0.2) is 22.7 Å². The lowest BCUT2D eigenvalue weighted by Gasteiger charge is -2.16. The molecule has 1 aromatic carbocycles. The maximum absolute atomic E-state index is 5.14. The fourth-order valence-electron chi connectivity index (χ4n) is 1.22. The van der Waals surface area contributed by atoms with Crippen molar-refractivity contribution >= 4 is 31.9 Å². The molecule has 0 radical (unpaired) electrons. The van der Waals surface area contributed by atoms with E-state index in [0.717, 1.165) is 10.2 Å². The molecule has 3 heteroatoms. The quantitative estimate of drug-likeness (QED) is 0.742. The van der Waals surface area contributed by atoms with E-state index in [1.54, 1.807) is 7.11 Å². The van der Waals surface area contributed by atoms with Gasteiger partial charge in [0.05, 0.1) is 7.11 Å². The first-order valence-electron chi connectivity index (χ1n) is 4.53. The molecule has 0 fully saturated rings. The lowest BCUT2D eigenvalue weighted by molar-refractivity contribution is 0.414. The van der Waals surface area contributed by atoms with Crippen LogP contribution >= 0.6 is 31.9 Å². The van der Waals surface area contributed by atoms with E-state index in [1.165, 1.54) is 5.56 Å². The highest BCUT2D eigenvalue weighted by atomic mass is 79.9. The summed E-state index contributed by atoms with van der Waals surface area (Å²) in [5.74, 6) is 1.45. The van der Waals surface area contributed by atoms with Gasteiger partial charge >= 0.3 is 0 Å². The predicted octanol–water partition coefficient (Wildman–Crippen LogP) is 4.55. The molecular weight excluding hydrogens is 308 g/mol. The summed E-state index contributed by atoms with van der Waals surface area (Å²) < 4.78 is 6.24. The van der Waals surface area contributed by atoms with Gasteiger partial charge in [0.25, 0.3) is 0 Å². The molecule has 0 saturated carbocycles. The molecule has 1 unspecified atom stereocenters. The molecule has 1 aromatic rings. The molecule has 0 aliphatic carbocycles. The van der Waals surface area contributed by atoms with Crippen molar-refractivity contribution in [3.05, 3.63) is 28.2 Å². The zero-order valence-corrected chi connectivity index (χ0v) is 11.7. The summed E-state index contributed by atoms with van der Waals surface area (Å²) in [6.45, 7) is 4.38. The van der Waals surface area contributed by atoms with E-state index in [4.69, 9.17) is 4.74 Å². The lowest BCUT2D eigenvalue weighted by atomic mass is 10.0. The molecule has 0 N–H and O–H groups in total. The lowest BCUT2D eigenvalue weighted by Crippen LogP contribution is -1.99. The Morgan fingerprint density at radius 2 is 1.93 bits per heavy atom. The van der Waals surface area contributed by atoms with E-state index in [-0.39, 0.29) is 0 Å². The molecule has 0 bridgehead atoms. The molecule has 1 atom stereocenters. The Bertz CT molecular complexity index is 310. The number of rotatable bonds is 3. The number of benzene rings is 1. The van der Waals surface area contributed by atoms with Gasteiger partial charge in [-0.1, -0.05) is 51.8 Å². The van der Waals surface area contributed by atoms with Crippen LogP contribution in [0.4, 0.5) is 0 Å². The molecule has 0 heterocycles. The van der Waals surface area contributed by atoms with Gasteiger partial charge in [-0.3, -0.25) is 0 Å². The van der Waals surface area contributed by atoms with Crippen LogP contribution in [0.2, 0.25) is 0 Å². The zero-order valence-electron chi connectivity index (χ0n) is 8.55. The predicted molar refractivity (Wildman–Crippen MR) is 67.2 cm³/mol. The molecule has 0 amide bonds. The van der Waals surface area contributed by atoms with Gasteiger partial charge in [0.15, 0.2) is 0 Å². The monoisotopic (exact) mass is 320 g/mol. The SMILES string of the molecule is COc1ccc(C(Br)C(C)C)c(Br)c1. The molecule has 78 valence electrons. The molecule has 0 saturated heterocycles. The van der Waals surface area contributed by atoms with Gasteiger partial charge in [-0.15, -0.1) is 0 Å². The number of ether oxygens (including phenoxy) is 1. The Balaban J connectivity index is 2.99. The number of halogens is 2. The molecule has 1 rings (SSSR count). The van der Waals surface area contributed by atoms with Crippen LogP contribution in [0.25, 0.3) is 0 Å². The Hall–Kier alpha value is -0.0200. The maximum Gasteiger partial charge on any atom is 0.120 e. The fourth-order valence-corrected chi connectivity index (χ4v) is 2.53. The van der Waals surface area contributed by atoms with Crippen molar-refractivity contribution in [1.29, 1.82) is 0 Å². The Morgan fingerprint density at radius 3 is 2.36 bits per heavy atom. The third-order valence-electron chi connectivity index (χ3n) is 2.09. The van der Waals surface area contributed by atoms with Crippen LogP contribution in [0, 0.1) is 5.92 Å². The molecule has 0 aromatic heterocycles. The van der Waals surface area contributed by atoms with E-state index in [9.17, 15) is 0 Å². The number of alkyl halides is 1. The van der Waals surface area contributed by atoms with Crippen molar-refractivity contribution in [2.75, 3.05) is 7.11 Å². The second-order valence-electron chi connectivity index (χ2n) is 3.53. The third-order valence-corrected chi connectivity index (χ3v) is 4.33. The largest absolute Gasteiger partial charge is 0.497 e. The maximum atomic E-state index is 5.14. The minimum Gasteiger partial charge on any atom is -0.497 e. The van der Waals surface area contributed by atoms with E-state index >= 15 is 0 Å². The van der Waals surface area contributed by atoms with Crippen molar-refractivity contribution in [3.8, 4) is 5.75 Å². The number of hydrogen-bond acceptors (Lipinski definition) is 1. The van der Waals surface area contributed by atoms with Gasteiger partial charge in [-0.05, 0) is 23.6 Å². The highest BCUT2D eigenvalue weighted by Crippen LogP contribution is 2.36. The van der Waals surface area contributed by atoms with Crippen LogP contribution in [0.1, 0.15) is 24.2 Å². The average Bonchev–Trinajstić information content (AvgIpc) is 2.16. The van der Waals surface area contributed by atoms with Gasteiger partial charge in [0, 0.05) is 9.30 Å². The topological polar surface area (TPSA) is 9.23 Å². The Kier molecular flexibility index (Phi) is 4.45. The molecule has 0 aliphatic heterocycles. The second-order valence-corrected chi connectivity index (χ2v) is 5.37. The normalized spacial score (nSPS) is 13.0. The highest BCUT2D eigenvalue weighted by molar-refractivity contribution is 9.11. The van der Waals surface area contributed by atoms with Crippen LogP contribution in [0.3, 0.4) is 0 Å². The van der Waals surface area contributed by atoms with Crippen molar-refractivity contribution in [2.45, 2.75) is 18.7 Å². The minimum absolute atomic E-state index is 0.378. The van der Waals surface area contributed by atoms with E-state index in [2.05, 4.69) is 51.8 Å². The molecule has 1 nitrogen and oxygen atoms in total. The van der Waals surface area contributed by atoms with E-state index < -0.39 is 0 Å². The number of methoxy groups -OCH3 is 1. The summed E-state index contributed by atoms with van der Waals surface area (Å²) in [6, 6.07) is 6.06. The molecule has 0 aliphatic rings. The first-order chi connectivity index (χ1) is 6.56. The standard InChI is InChI=1S/C11H14Br2O/c1-7(2)11(13)9-5-4-8(14-3)6-10(9)12/h4-7,11H,1-3H3. The van der Waals surface area contributed by atoms with Crippen molar-refractivity contribution < 1.29 is 4.74 Å². The molecule has 14 heavy (non-hydrogen) atoms. The summed E-state index contributed by atoms with van der Waals surface area (Å²) in [5, 5.41) is 0. The summed E-state index contributed by atoms with van der Waals surface area (Å²) in [4.78, 5) is 0.378. The summed E-state index contributed by atoms with van der Waals surface area (Å²) >= 11 is 7.22. The fraction of sp³-hybridized carbons (Fsp3) is 0.455. The van der Waals surface area contributed by atoms with E-state index in [1.807, 2.05) is 12.1 Å². The van der Waals surface area contributed by atoms with Crippen molar-refractivity contribution in [1.82, 2.24) is 0 Å².